The van der Waals surface area contributed by atoms with E-state index in [0.29, 0.717) is 18.9 Å². The van der Waals surface area contributed by atoms with Crippen molar-refractivity contribution in [2.24, 2.45) is 5.92 Å². The Kier molecular flexibility index (Phi) is 15.6. The normalized spacial score (nSPS) is 13.0. The van der Waals surface area contributed by atoms with Crippen LogP contribution in [0.15, 0.2) is 115 Å². The first-order valence-corrected chi connectivity index (χ1v) is 16.1. The molecule has 2 atom stereocenters. The number of carbonyl (C=O) groups is 2. The summed E-state index contributed by atoms with van der Waals surface area (Å²) in [5.74, 6) is -1.35. The molecule has 3 rings (SSSR count). The predicted octanol–water partition coefficient (Wildman–Crippen LogP) is 9.94. The van der Waals surface area contributed by atoms with Crippen molar-refractivity contribution in [3.63, 3.8) is 0 Å². The molecule has 238 valence electrons. The highest BCUT2D eigenvalue weighted by atomic mass is 16.5. The third-order valence-electron chi connectivity index (χ3n) is 8.05. The van der Waals surface area contributed by atoms with Gasteiger partial charge in [0.1, 0.15) is 0 Å². The van der Waals surface area contributed by atoms with E-state index in [2.05, 4.69) is 61.2 Å². The van der Waals surface area contributed by atoms with Gasteiger partial charge in [-0.25, -0.2) is 4.79 Å². The van der Waals surface area contributed by atoms with E-state index in [1.165, 1.54) is 11.1 Å². The highest BCUT2D eigenvalue weighted by Crippen LogP contribution is 2.31. The maximum Gasteiger partial charge on any atom is 0.335 e. The van der Waals surface area contributed by atoms with E-state index in [9.17, 15) is 14.7 Å². The molecule has 0 aliphatic heterocycles. The lowest BCUT2D eigenvalue weighted by Crippen LogP contribution is -2.14. The van der Waals surface area contributed by atoms with Crippen LogP contribution >= 0.6 is 0 Å². The molecule has 0 aliphatic carbocycles. The van der Waals surface area contributed by atoms with Crippen LogP contribution in [-0.2, 0) is 29.0 Å². The standard InChI is InChI=1S/C40H48O5/c1-3-13-31(14-4-2)21-22-32-16-12-17-35(28-32)30-45-38(36-18-9-7-10-19-36)29-34(15-8-5-6-11-20-39(41)42)27-33-23-25-37(26-24-33)40(43)44/h3-4,7,9-10,12-14,16-19,23-26,28,34,38H,1,5-6,8,11,15,20-22,27,29-30H2,2H3,(H,41,42)(H,43,44)/b14-4-,31-13+/t34?,38-/m0/s1. The average molecular weight is 609 g/mol. The van der Waals surface area contributed by atoms with Crippen molar-refractivity contribution in [3.8, 4) is 0 Å². The molecule has 0 saturated heterocycles. The van der Waals surface area contributed by atoms with Crippen molar-refractivity contribution in [1.82, 2.24) is 0 Å². The lowest BCUT2D eigenvalue weighted by molar-refractivity contribution is -0.137. The first-order valence-electron chi connectivity index (χ1n) is 16.1. The van der Waals surface area contributed by atoms with Gasteiger partial charge in [0.15, 0.2) is 0 Å². The fraction of sp³-hybridized carbons (Fsp3) is 0.350. The molecule has 1 unspecified atom stereocenters. The minimum absolute atomic E-state index is 0.0954. The summed E-state index contributed by atoms with van der Waals surface area (Å²) in [4.78, 5) is 22.3. The number of aliphatic carboxylic acids is 1. The number of aromatic carboxylic acids is 1. The van der Waals surface area contributed by atoms with E-state index in [-0.39, 0.29) is 18.1 Å². The van der Waals surface area contributed by atoms with E-state index in [1.807, 2.05) is 43.3 Å². The van der Waals surface area contributed by atoms with Crippen molar-refractivity contribution < 1.29 is 24.5 Å². The molecule has 0 saturated carbocycles. The highest BCUT2D eigenvalue weighted by Gasteiger charge is 2.20. The van der Waals surface area contributed by atoms with Gasteiger partial charge in [0.2, 0.25) is 0 Å². The minimum atomic E-state index is -0.924. The van der Waals surface area contributed by atoms with E-state index in [4.69, 9.17) is 9.84 Å². The van der Waals surface area contributed by atoms with Crippen molar-refractivity contribution in [1.29, 1.82) is 0 Å². The Balaban J connectivity index is 1.72. The van der Waals surface area contributed by atoms with E-state index in [1.54, 1.807) is 12.1 Å². The van der Waals surface area contributed by atoms with Gasteiger partial charge >= 0.3 is 11.9 Å². The van der Waals surface area contributed by atoms with Crippen LogP contribution in [0, 0.1) is 5.92 Å². The van der Waals surface area contributed by atoms with Gasteiger partial charge in [-0.05, 0) is 84.9 Å². The zero-order chi connectivity index (χ0) is 32.3. The molecule has 0 aromatic heterocycles. The number of allylic oxidation sites excluding steroid dienone is 5. The summed E-state index contributed by atoms with van der Waals surface area (Å²) in [6, 6.07) is 26.2. The Morgan fingerprint density at radius 2 is 1.58 bits per heavy atom. The molecule has 3 aromatic carbocycles. The zero-order valence-electron chi connectivity index (χ0n) is 26.6. The second-order valence-corrected chi connectivity index (χ2v) is 11.7. The molecule has 0 spiro atoms. The van der Waals surface area contributed by atoms with Crippen LogP contribution in [0.25, 0.3) is 0 Å². The number of aryl methyl sites for hydroxylation is 1. The maximum absolute atomic E-state index is 11.4. The van der Waals surface area contributed by atoms with Gasteiger partial charge in [-0.1, -0.05) is 123 Å². The highest BCUT2D eigenvalue weighted by molar-refractivity contribution is 5.87. The lowest BCUT2D eigenvalue weighted by atomic mass is 9.87. The fourth-order valence-corrected chi connectivity index (χ4v) is 5.70. The summed E-state index contributed by atoms with van der Waals surface area (Å²) < 4.78 is 6.68. The van der Waals surface area contributed by atoms with Gasteiger partial charge in [0, 0.05) is 6.42 Å². The van der Waals surface area contributed by atoms with Crippen molar-refractivity contribution in [3.05, 3.63) is 143 Å². The van der Waals surface area contributed by atoms with Gasteiger partial charge in [-0.3, -0.25) is 4.79 Å². The topological polar surface area (TPSA) is 83.8 Å². The maximum atomic E-state index is 11.4. The van der Waals surface area contributed by atoms with Crippen molar-refractivity contribution >= 4 is 11.9 Å². The first kappa shape index (κ1) is 35.3. The fourth-order valence-electron chi connectivity index (χ4n) is 5.70. The third kappa shape index (κ3) is 13.5. The number of carboxylic acid groups (broad SMARTS) is 2. The van der Waals surface area contributed by atoms with Crippen LogP contribution in [-0.4, -0.2) is 22.2 Å². The molecular formula is C40H48O5. The molecule has 45 heavy (non-hydrogen) atoms. The predicted molar refractivity (Wildman–Crippen MR) is 182 cm³/mol. The van der Waals surface area contributed by atoms with Crippen LogP contribution in [0.4, 0.5) is 0 Å². The number of hydrogen-bond acceptors (Lipinski definition) is 3. The molecule has 0 fully saturated rings. The molecule has 0 aliphatic rings. The molecule has 5 heteroatoms. The quantitative estimate of drug-likeness (QED) is 0.0929. The number of ether oxygens (including phenoxy) is 1. The Bertz CT molecular complexity index is 1390. The summed E-state index contributed by atoms with van der Waals surface area (Å²) >= 11 is 0. The van der Waals surface area contributed by atoms with E-state index < -0.39 is 11.9 Å². The summed E-state index contributed by atoms with van der Waals surface area (Å²) in [5.41, 5.74) is 6.22. The number of unbranched alkanes of at least 4 members (excludes halogenated alkanes) is 3. The molecule has 0 heterocycles. The minimum Gasteiger partial charge on any atom is -0.481 e. The Hall–Kier alpha value is -4.22. The second kappa shape index (κ2) is 19.9. The summed E-state index contributed by atoms with van der Waals surface area (Å²) in [7, 11) is 0. The average Bonchev–Trinajstić information content (AvgIpc) is 3.04. The summed E-state index contributed by atoms with van der Waals surface area (Å²) in [5, 5.41) is 18.3. The molecule has 0 bridgehead atoms. The SMILES string of the molecule is C=C/C=C(\C=C/C)CCc1cccc(CO[C@@H](CC(CCCCCCC(=O)O)Cc2ccc(C(=O)O)cc2)c2ccccc2)c1. The Labute approximate surface area is 269 Å². The molecule has 0 radical (unpaired) electrons. The summed E-state index contributed by atoms with van der Waals surface area (Å²) in [6.07, 6.45) is 16.3. The summed E-state index contributed by atoms with van der Waals surface area (Å²) in [6.45, 7) is 6.37. The molecule has 5 nitrogen and oxygen atoms in total. The first-order chi connectivity index (χ1) is 21.9. The number of benzene rings is 3. The largest absolute Gasteiger partial charge is 0.481 e. The van der Waals surface area contributed by atoms with Gasteiger partial charge in [-0.2, -0.15) is 0 Å². The molecule has 0 amide bonds. The smallest absolute Gasteiger partial charge is 0.335 e. The molecule has 3 aromatic rings. The van der Waals surface area contributed by atoms with Crippen LogP contribution in [0.1, 0.15) is 97.0 Å². The zero-order valence-corrected chi connectivity index (χ0v) is 26.6. The van der Waals surface area contributed by atoms with Crippen LogP contribution in [0.2, 0.25) is 0 Å². The van der Waals surface area contributed by atoms with Crippen LogP contribution in [0.5, 0.6) is 0 Å². The van der Waals surface area contributed by atoms with Crippen LogP contribution in [0.3, 0.4) is 0 Å². The number of hydrogen-bond donors (Lipinski definition) is 2. The molecule has 2 N–H and O–H groups in total. The van der Waals surface area contributed by atoms with Crippen molar-refractivity contribution in [2.75, 3.05) is 0 Å². The third-order valence-corrected chi connectivity index (χ3v) is 8.05. The van der Waals surface area contributed by atoms with Crippen molar-refractivity contribution in [2.45, 2.75) is 83.8 Å². The number of carboxylic acids is 2. The Morgan fingerprint density at radius 3 is 2.27 bits per heavy atom. The monoisotopic (exact) mass is 608 g/mol. The van der Waals surface area contributed by atoms with E-state index in [0.717, 1.165) is 68.1 Å². The van der Waals surface area contributed by atoms with E-state index >= 15 is 0 Å². The lowest BCUT2D eigenvalue weighted by Gasteiger charge is -2.25. The Morgan fingerprint density at radius 1 is 0.844 bits per heavy atom. The van der Waals surface area contributed by atoms with Gasteiger partial charge in [0.25, 0.3) is 0 Å². The van der Waals surface area contributed by atoms with Gasteiger partial charge in [0.05, 0.1) is 18.3 Å². The van der Waals surface area contributed by atoms with Crippen LogP contribution < -0.4 is 0 Å². The number of rotatable bonds is 21. The van der Waals surface area contributed by atoms with Gasteiger partial charge < -0.3 is 14.9 Å². The second-order valence-electron chi connectivity index (χ2n) is 11.7. The molecular weight excluding hydrogens is 560 g/mol. The van der Waals surface area contributed by atoms with Gasteiger partial charge in [-0.15, -0.1) is 0 Å².